The van der Waals surface area contributed by atoms with E-state index in [9.17, 15) is 4.79 Å². The van der Waals surface area contributed by atoms with Crippen LogP contribution in [0.4, 0.5) is 0 Å². The van der Waals surface area contributed by atoms with Gasteiger partial charge in [-0.05, 0) is 27.7 Å². The molecule has 0 amide bonds. The van der Waals surface area contributed by atoms with Crippen LogP contribution in [0.2, 0.25) is 0 Å². The Labute approximate surface area is 73.8 Å². The minimum absolute atomic E-state index is 0.0186. The van der Waals surface area contributed by atoms with Crippen molar-refractivity contribution in [2.24, 2.45) is 0 Å². The SMILES string of the molecule is COC(=O)C(C)=CNC(C)(C)C. The predicted molar refractivity (Wildman–Crippen MR) is 48.7 cm³/mol. The van der Waals surface area contributed by atoms with Gasteiger partial charge in [0.15, 0.2) is 0 Å². The normalized spacial score (nSPS) is 12.6. The summed E-state index contributed by atoms with van der Waals surface area (Å²) in [6, 6.07) is 0. The third-order valence-corrected chi connectivity index (χ3v) is 1.23. The van der Waals surface area contributed by atoms with Gasteiger partial charge in [-0.25, -0.2) is 4.79 Å². The first-order valence-corrected chi connectivity index (χ1v) is 3.89. The molecule has 0 rings (SSSR count). The highest BCUT2D eigenvalue weighted by molar-refractivity contribution is 5.87. The number of rotatable bonds is 2. The Morgan fingerprint density at radius 3 is 2.25 bits per heavy atom. The number of carbonyl (C=O) groups excluding carboxylic acids is 1. The van der Waals surface area contributed by atoms with Crippen molar-refractivity contribution in [3.8, 4) is 0 Å². The van der Waals surface area contributed by atoms with Crippen molar-refractivity contribution < 1.29 is 9.53 Å². The molecule has 0 saturated carbocycles. The molecule has 0 unspecified atom stereocenters. The number of hydrogen-bond acceptors (Lipinski definition) is 3. The summed E-state index contributed by atoms with van der Waals surface area (Å²) in [5, 5.41) is 3.07. The van der Waals surface area contributed by atoms with Crippen molar-refractivity contribution in [2.75, 3.05) is 7.11 Å². The summed E-state index contributed by atoms with van der Waals surface area (Å²) in [4.78, 5) is 10.9. The third kappa shape index (κ3) is 4.77. The molecule has 0 saturated heterocycles. The van der Waals surface area contributed by atoms with Crippen molar-refractivity contribution >= 4 is 5.97 Å². The van der Waals surface area contributed by atoms with Gasteiger partial charge in [-0.3, -0.25) is 0 Å². The molecule has 0 aliphatic rings. The Balaban J connectivity index is 4.10. The minimum atomic E-state index is -0.299. The number of esters is 1. The van der Waals surface area contributed by atoms with Gasteiger partial charge in [-0.1, -0.05) is 0 Å². The molecule has 0 aromatic rings. The Morgan fingerprint density at radius 2 is 1.92 bits per heavy atom. The first-order chi connectivity index (χ1) is 5.37. The third-order valence-electron chi connectivity index (χ3n) is 1.23. The second kappa shape index (κ2) is 4.14. The standard InChI is InChI=1S/C9H17NO2/c1-7(8(11)12-5)6-10-9(2,3)4/h6,10H,1-5H3. The Bertz CT molecular complexity index is 189. The highest BCUT2D eigenvalue weighted by Crippen LogP contribution is 2.00. The average Bonchev–Trinajstić information content (AvgIpc) is 1.97. The average molecular weight is 171 g/mol. The molecule has 0 fully saturated rings. The minimum Gasteiger partial charge on any atom is -0.466 e. The van der Waals surface area contributed by atoms with Gasteiger partial charge in [-0.2, -0.15) is 0 Å². The molecular weight excluding hydrogens is 154 g/mol. The summed E-state index contributed by atoms with van der Waals surface area (Å²) < 4.78 is 4.53. The monoisotopic (exact) mass is 171 g/mol. The van der Waals surface area contributed by atoms with E-state index in [0.29, 0.717) is 5.57 Å². The lowest BCUT2D eigenvalue weighted by Gasteiger charge is -2.19. The van der Waals surface area contributed by atoms with Crippen LogP contribution in [0.25, 0.3) is 0 Å². The van der Waals surface area contributed by atoms with Crippen molar-refractivity contribution in [1.82, 2.24) is 5.32 Å². The van der Waals surface area contributed by atoms with Crippen LogP contribution in [0.5, 0.6) is 0 Å². The molecule has 0 aliphatic carbocycles. The van der Waals surface area contributed by atoms with Gasteiger partial charge < -0.3 is 10.1 Å². The van der Waals surface area contributed by atoms with Gasteiger partial charge in [0.25, 0.3) is 0 Å². The molecule has 0 spiro atoms. The molecule has 0 aliphatic heterocycles. The van der Waals surface area contributed by atoms with Crippen LogP contribution in [0.15, 0.2) is 11.8 Å². The first-order valence-electron chi connectivity index (χ1n) is 3.89. The van der Waals surface area contributed by atoms with Crippen LogP contribution in [0.1, 0.15) is 27.7 Å². The highest BCUT2D eigenvalue weighted by Gasteiger charge is 2.08. The van der Waals surface area contributed by atoms with E-state index in [1.807, 2.05) is 20.8 Å². The van der Waals surface area contributed by atoms with Crippen LogP contribution in [0, 0.1) is 0 Å². The molecule has 0 aromatic carbocycles. The van der Waals surface area contributed by atoms with E-state index in [4.69, 9.17) is 0 Å². The predicted octanol–water partition coefficient (Wildman–Crippen LogP) is 1.45. The van der Waals surface area contributed by atoms with Gasteiger partial charge in [0.1, 0.15) is 0 Å². The van der Waals surface area contributed by atoms with Crippen molar-refractivity contribution in [3.05, 3.63) is 11.8 Å². The fraction of sp³-hybridized carbons (Fsp3) is 0.667. The summed E-state index contributed by atoms with van der Waals surface area (Å²) in [5.41, 5.74) is 0.558. The lowest BCUT2D eigenvalue weighted by atomic mass is 10.1. The fourth-order valence-electron chi connectivity index (χ4n) is 0.545. The van der Waals surface area contributed by atoms with E-state index < -0.39 is 0 Å². The summed E-state index contributed by atoms with van der Waals surface area (Å²) in [5.74, 6) is -0.299. The van der Waals surface area contributed by atoms with E-state index in [-0.39, 0.29) is 11.5 Å². The van der Waals surface area contributed by atoms with Crippen LogP contribution < -0.4 is 5.32 Å². The molecule has 70 valence electrons. The zero-order chi connectivity index (χ0) is 9.78. The fourth-order valence-corrected chi connectivity index (χ4v) is 0.545. The summed E-state index contributed by atoms with van der Waals surface area (Å²) in [6.07, 6.45) is 1.67. The summed E-state index contributed by atoms with van der Waals surface area (Å²) in [7, 11) is 1.37. The molecule has 3 nitrogen and oxygen atoms in total. The molecular formula is C9H17NO2. The molecule has 0 radical (unpaired) electrons. The van der Waals surface area contributed by atoms with Gasteiger partial charge >= 0.3 is 5.97 Å². The van der Waals surface area contributed by atoms with Crippen LogP contribution in [-0.4, -0.2) is 18.6 Å². The molecule has 12 heavy (non-hydrogen) atoms. The Morgan fingerprint density at radius 1 is 1.42 bits per heavy atom. The highest BCUT2D eigenvalue weighted by atomic mass is 16.5. The lowest BCUT2D eigenvalue weighted by molar-refractivity contribution is -0.136. The topological polar surface area (TPSA) is 38.3 Å². The zero-order valence-corrected chi connectivity index (χ0v) is 8.39. The second-order valence-corrected chi connectivity index (χ2v) is 3.71. The summed E-state index contributed by atoms with van der Waals surface area (Å²) >= 11 is 0. The maximum atomic E-state index is 10.9. The quantitative estimate of drug-likeness (QED) is 0.505. The number of hydrogen-bond donors (Lipinski definition) is 1. The van der Waals surface area contributed by atoms with Gasteiger partial charge in [-0.15, -0.1) is 0 Å². The Hall–Kier alpha value is -0.990. The van der Waals surface area contributed by atoms with E-state index in [0.717, 1.165) is 0 Å². The molecule has 0 aromatic heterocycles. The van der Waals surface area contributed by atoms with E-state index in [1.165, 1.54) is 7.11 Å². The Kier molecular flexibility index (Phi) is 3.80. The van der Waals surface area contributed by atoms with E-state index in [2.05, 4.69) is 10.1 Å². The molecule has 0 bridgehead atoms. The molecule has 0 atom stereocenters. The van der Waals surface area contributed by atoms with Crippen LogP contribution >= 0.6 is 0 Å². The maximum Gasteiger partial charge on any atom is 0.334 e. The number of nitrogens with one attached hydrogen (secondary N) is 1. The van der Waals surface area contributed by atoms with E-state index in [1.54, 1.807) is 13.1 Å². The van der Waals surface area contributed by atoms with Crippen molar-refractivity contribution in [1.29, 1.82) is 0 Å². The van der Waals surface area contributed by atoms with E-state index >= 15 is 0 Å². The largest absolute Gasteiger partial charge is 0.466 e. The van der Waals surface area contributed by atoms with Gasteiger partial charge in [0.05, 0.1) is 7.11 Å². The molecule has 1 N–H and O–H groups in total. The lowest BCUT2D eigenvalue weighted by Crippen LogP contribution is -2.31. The van der Waals surface area contributed by atoms with Crippen LogP contribution in [0.3, 0.4) is 0 Å². The summed E-state index contributed by atoms with van der Waals surface area (Å²) in [6.45, 7) is 7.78. The molecule has 3 heteroatoms. The van der Waals surface area contributed by atoms with Crippen molar-refractivity contribution in [3.63, 3.8) is 0 Å². The second-order valence-electron chi connectivity index (χ2n) is 3.71. The van der Waals surface area contributed by atoms with Crippen LogP contribution in [-0.2, 0) is 9.53 Å². The van der Waals surface area contributed by atoms with Crippen molar-refractivity contribution in [2.45, 2.75) is 33.2 Å². The smallest absolute Gasteiger partial charge is 0.334 e. The van der Waals surface area contributed by atoms with Gasteiger partial charge in [0.2, 0.25) is 0 Å². The number of ether oxygens (including phenoxy) is 1. The number of methoxy groups -OCH3 is 1. The molecule has 0 heterocycles. The maximum absolute atomic E-state index is 10.9. The number of carbonyl (C=O) groups is 1. The zero-order valence-electron chi connectivity index (χ0n) is 8.39. The first kappa shape index (κ1) is 11.0. The van der Waals surface area contributed by atoms with Gasteiger partial charge in [0, 0.05) is 17.3 Å².